The molecule has 0 aliphatic carbocycles. The van der Waals surface area contributed by atoms with Crippen LogP contribution in [-0.4, -0.2) is 69.0 Å². The van der Waals surface area contributed by atoms with Crippen molar-refractivity contribution in [2.45, 2.75) is 4.90 Å². The van der Waals surface area contributed by atoms with Crippen LogP contribution in [0.2, 0.25) is 5.02 Å². The molecular formula is C23H27ClN6O3S. The van der Waals surface area contributed by atoms with Gasteiger partial charge in [-0.1, -0.05) is 11.6 Å². The molecule has 2 heterocycles. The molecule has 1 fully saturated rings. The van der Waals surface area contributed by atoms with E-state index in [2.05, 4.69) is 19.6 Å². The molecule has 1 amide bonds. The Morgan fingerprint density at radius 3 is 2.35 bits per heavy atom. The van der Waals surface area contributed by atoms with Gasteiger partial charge >= 0.3 is 0 Å². The number of aromatic nitrogens is 2. The molecule has 180 valence electrons. The average Bonchev–Trinajstić information content (AvgIpc) is 2.85. The Labute approximate surface area is 205 Å². The van der Waals surface area contributed by atoms with Crippen LogP contribution in [0.3, 0.4) is 0 Å². The van der Waals surface area contributed by atoms with Crippen molar-refractivity contribution in [1.29, 1.82) is 0 Å². The summed E-state index contributed by atoms with van der Waals surface area (Å²) in [4.78, 5) is 26.5. The van der Waals surface area contributed by atoms with Crippen molar-refractivity contribution in [3.05, 3.63) is 72.1 Å². The molecule has 2 aromatic carbocycles. The molecule has 1 saturated heterocycles. The van der Waals surface area contributed by atoms with E-state index < -0.39 is 10.0 Å². The first-order chi connectivity index (χ1) is 16.3. The van der Waals surface area contributed by atoms with Crippen molar-refractivity contribution in [3.63, 3.8) is 0 Å². The zero-order valence-corrected chi connectivity index (χ0v) is 20.2. The molecule has 0 spiro atoms. The number of carbonyl (C=O) groups excluding carboxylic acids is 1. The fourth-order valence-electron chi connectivity index (χ4n) is 3.69. The number of nitrogens with one attached hydrogen (secondary N) is 1. The van der Waals surface area contributed by atoms with Crippen molar-refractivity contribution < 1.29 is 14.6 Å². The van der Waals surface area contributed by atoms with Crippen molar-refractivity contribution in [1.82, 2.24) is 14.9 Å². The highest BCUT2D eigenvalue weighted by molar-refractivity contribution is 7.92. The highest BCUT2D eigenvalue weighted by atomic mass is 35.5. The van der Waals surface area contributed by atoms with E-state index in [1.807, 2.05) is 29.0 Å². The first kappa shape index (κ1) is 23.8. The van der Waals surface area contributed by atoms with Gasteiger partial charge in [0.1, 0.15) is 12.1 Å². The fraction of sp³-hybridized carbons (Fsp3) is 0.261. The second-order valence-electron chi connectivity index (χ2n) is 7.89. The minimum absolute atomic E-state index is 0. The van der Waals surface area contributed by atoms with Gasteiger partial charge in [0.15, 0.2) is 0 Å². The number of sulfonamides is 1. The van der Waals surface area contributed by atoms with Gasteiger partial charge in [-0.3, -0.25) is 9.52 Å². The molecule has 0 saturated carbocycles. The van der Waals surface area contributed by atoms with Gasteiger partial charge in [-0.15, -0.1) is 0 Å². The quantitative estimate of drug-likeness (QED) is 0.530. The van der Waals surface area contributed by atoms with Crippen molar-refractivity contribution >= 4 is 44.7 Å². The topological polar surface area (TPSA) is 98.7 Å². The van der Waals surface area contributed by atoms with Crippen LogP contribution in [-0.2, 0) is 14.8 Å². The predicted octanol–water partition coefficient (Wildman–Crippen LogP) is 2.96. The van der Waals surface area contributed by atoms with Crippen LogP contribution in [0.15, 0.2) is 72.0 Å². The number of carbonyl (C=O) groups is 1. The van der Waals surface area contributed by atoms with E-state index in [9.17, 15) is 13.2 Å². The maximum absolute atomic E-state index is 12.8. The van der Waals surface area contributed by atoms with Crippen molar-refractivity contribution in [2.24, 2.45) is 0 Å². The standard InChI is InChI=1S/C23H25ClN6O3S.H2/c1-28(19-4-2-18(24)3-5-19)16-23(31)30-14-12-29(13-15-30)20-6-8-21(9-7-20)34(32,33)27-22-10-11-25-17-26-22;/h2-11,17H,12-16H2,1H3,(H,25,26,27);1H. The van der Waals surface area contributed by atoms with Crippen LogP contribution < -0.4 is 14.5 Å². The monoisotopic (exact) mass is 502 g/mol. The molecule has 1 aromatic heterocycles. The molecule has 1 aliphatic rings. The van der Waals surface area contributed by atoms with Gasteiger partial charge in [-0.05, 0) is 54.6 Å². The van der Waals surface area contributed by atoms with Crippen LogP contribution in [0.1, 0.15) is 1.43 Å². The number of hydrogen-bond donors (Lipinski definition) is 1. The van der Waals surface area contributed by atoms with E-state index >= 15 is 0 Å². The molecule has 9 nitrogen and oxygen atoms in total. The van der Waals surface area contributed by atoms with Gasteiger partial charge in [0.2, 0.25) is 5.91 Å². The highest BCUT2D eigenvalue weighted by Crippen LogP contribution is 2.21. The zero-order chi connectivity index (χ0) is 24.1. The Bertz CT molecular complexity index is 1220. The van der Waals surface area contributed by atoms with E-state index in [1.54, 1.807) is 36.4 Å². The molecule has 1 aliphatic heterocycles. The molecule has 0 radical (unpaired) electrons. The lowest BCUT2D eigenvalue weighted by Crippen LogP contribution is -2.51. The number of likely N-dealkylation sites (N-methyl/N-ethyl adjacent to an activating group) is 1. The van der Waals surface area contributed by atoms with E-state index in [4.69, 9.17) is 11.6 Å². The Balaban J connectivity index is 0.00000342. The summed E-state index contributed by atoms with van der Waals surface area (Å²) in [6.45, 7) is 2.82. The van der Waals surface area contributed by atoms with Crippen LogP contribution in [0.5, 0.6) is 0 Å². The number of benzene rings is 2. The number of nitrogens with zero attached hydrogens (tertiary/aromatic N) is 5. The Hall–Kier alpha value is -3.37. The first-order valence-corrected chi connectivity index (χ1v) is 12.6. The normalized spacial score (nSPS) is 14.1. The summed E-state index contributed by atoms with van der Waals surface area (Å²) in [6, 6.07) is 15.6. The second kappa shape index (κ2) is 10.3. The largest absolute Gasteiger partial charge is 0.368 e. The Morgan fingerprint density at radius 1 is 1.06 bits per heavy atom. The number of piperazine rings is 1. The van der Waals surface area contributed by atoms with Gasteiger partial charge in [-0.25, -0.2) is 18.4 Å². The van der Waals surface area contributed by atoms with Crippen LogP contribution in [0.25, 0.3) is 0 Å². The van der Waals surface area contributed by atoms with Gasteiger partial charge in [0.05, 0.1) is 11.4 Å². The Kier molecular flexibility index (Phi) is 7.18. The zero-order valence-electron chi connectivity index (χ0n) is 18.6. The lowest BCUT2D eigenvalue weighted by Gasteiger charge is -2.37. The molecule has 34 heavy (non-hydrogen) atoms. The highest BCUT2D eigenvalue weighted by Gasteiger charge is 2.23. The molecule has 3 aromatic rings. The van der Waals surface area contributed by atoms with Crippen molar-refractivity contribution in [3.8, 4) is 0 Å². The van der Waals surface area contributed by atoms with E-state index in [0.717, 1.165) is 11.4 Å². The minimum atomic E-state index is -3.74. The number of amides is 1. The Morgan fingerprint density at radius 2 is 1.74 bits per heavy atom. The third-order valence-corrected chi connectivity index (χ3v) is 7.23. The van der Waals surface area contributed by atoms with Crippen LogP contribution in [0.4, 0.5) is 17.2 Å². The summed E-state index contributed by atoms with van der Waals surface area (Å²) in [5.74, 6) is 0.274. The van der Waals surface area contributed by atoms with Gasteiger partial charge in [-0.2, -0.15) is 0 Å². The fourth-order valence-corrected chi connectivity index (χ4v) is 4.82. The summed E-state index contributed by atoms with van der Waals surface area (Å²) < 4.78 is 27.6. The van der Waals surface area contributed by atoms with E-state index in [0.29, 0.717) is 31.2 Å². The molecule has 4 rings (SSSR count). The van der Waals surface area contributed by atoms with Crippen molar-refractivity contribution in [2.75, 3.05) is 54.3 Å². The third-order valence-electron chi connectivity index (χ3n) is 5.61. The summed E-state index contributed by atoms with van der Waals surface area (Å²) >= 11 is 5.94. The molecule has 0 atom stereocenters. The van der Waals surface area contributed by atoms with E-state index in [-0.39, 0.29) is 24.6 Å². The second-order valence-corrected chi connectivity index (χ2v) is 10.0. The summed E-state index contributed by atoms with van der Waals surface area (Å²) in [5.41, 5.74) is 1.84. The maximum Gasteiger partial charge on any atom is 0.263 e. The SMILES string of the molecule is CN(CC(=O)N1CCN(c2ccc(S(=O)(=O)Nc3ccncn3)cc2)CC1)c1ccc(Cl)cc1.[HH]. The van der Waals surface area contributed by atoms with Crippen LogP contribution >= 0.6 is 11.6 Å². The molecule has 0 unspecified atom stereocenters. The summed E-state index contributed by atoms with van der Waals surface area (Å²) in [6.07, 6.45) is 2.75. The number of hydrogen-bond acceptors (Lipinski definition) is 7. The maximum atomic E-state index is 12.8. The minimum Gasteiger partial charge on any atom is -0.368 e. The molecule has 11 heteroatoms. The summed E-state index contributed by atoms with van der Waals surface area (Å²) in [5, 5.41) is 0.659. The molecule has 1 N–H and O–H groups in total. The van der Waals surface area contributed by atoms with Gasteiger partial charge < -0.3 is 14.7 Å². The first-order valence-electron chi connectivity index (χ1n) is 10.7. The summed E-state index contributed by atoms with van der Waals surface area (Å²) in [7, 11) is -1.86. The van der Waals surface area contributed by atoms with E-state index in [1.165, 1.54) is 18.6 Å². The molecule has 0 bridgehead atoms. The average molecular weight is 503 g/mol. The lowest BCUT2D eigenvalue weighted by atomic mass is 10.2. The van der Waals surface area contributed by atoms with Crippen LogP contribution in [0, 0.1) is 0 Å². The number of anilines is 3. The predicted molar refractivity (Wildman–Crippen MR) is 135 cm³/mol. The third kappa shape index (κ3) is 5.75. The number of halogens is 1. The smallest absolute Gasteiger partial charge is 0.263 e. The lowest BCUT2D eigenvalue weighted by molar-refractivity contribution is -0.129. The molecular weight excluding hydrogens is 476 g/mol. The van der Waals surface area contributed by atoms with Gasteiger partial charge in [0.25, 0.3) is 10.0 Å². The van der Waals surface area contributed by atoms with Gasteiger partial charge in [0, 0.05) is 57.2 Å². The number of rotatable bonds is 7.